The van der Waals surface area contributed by atoms with E-state index >= 15 is 0 Å². The summed E-state index contributed by atoms with van der Waals surface area (Å²) in [7, 11) is 0. The normalized spacial score (nSPS) is 12.0. The fourth-order valence-electron chi connectivity index (χ4n) is 1.77. The first-order valence-electron chi connectivity index (χ1n) is 5.18. The molecular weight excluding hydrogens is 198 g/mol. The van der Waals surface area contributed by atoms with Crippen molar-refractivity contribution in [3.05, 3.63) is 48.3 Å². The van der Waals surface area contributed by atoms with Crippen LogP contribution in [0.4, 0.5) is 5.82 Å². The van der Waals surface area contributed by atoms with E-state index in [1.807, 2.05) is 42.7 Å². The Kier molecular flexibility index (Phi) is 2.52. The van der Waals surface area contributed by atoms with E-state index < -0.39 is 0 Å². The summed E-state index contributed by atoms with van der Waals surface area (Å²) >= 11 is 0. The molecule has 0 radical (unpaired) electrons. The van der Waals surface area contributed by atoms with Crippen molar-refractivity contribution in [1.29, 1.82) is 0 Å². The number of pyridine rings is 1. The third-order valence-electron chi connectivity index (χ3n) is 2.62. The summed E-state index contributed by atoms with van der Waals surface area (Å²) in [6, 6.07) is 3.99. The number of allylic oxidation sites excluding steroid dienone is 3. The molecule has 2 aromatic heterocycles. The van der Waals surface area contributed by atoms with E-state index in [0.717, 1.165) is 22.5 Å². The minimum Gasteiger partial charge on any atom is -0.383 e. The quantitative estimate of drug-likeness (QED) is 0.779. The number of aryl methyl sites for hydroxylation is 1. The number of hydrogen-bond acceptors (Lipinski definition) is 2. The van der Waals surface area contributed by atoms with Gasteiger partial charge in [0, 0.05) is 6.20 Å². The zero-order valence-electron chi connectivity index (χ0n) is 9.57. The molecule has 2 aromatic rings. The molecule has 3 heteroatoms. The van der Waals surface area contributed by atoms with E-state index in [4.69, 9.17) is 5.73 Å². The standard InChI is InChI=1S/C13H15N3/c1-4-6-9(2)11-12(14)16-8-5-7-10(3)13(16)15-11/h4-8H,1,14H2,2-3H3. The average Bonchev–Trinajstić information content (AvgIpc) is 2.59. The molecular formula is C13H15N3. The molecule has 82 valence electrons. The lowest BCUT2D eigenvalue weighted by Gasteiger charge is -1.98. The lowest BCUT2D eigenvalue weighted by Crippen LogP contribution is -1.95. The lowest BCUT2D eigenvalue weighted by molar-refractivity contribution is 1.17. The number of anilines is 1. The van der Waals surface area contributed by atoms with E-state index in [2.05, 4.69) is 11.6 Å². The Labute approximate surface area is 94.9 Å². The predicted octanol–water partition coefficient (Wildman–Crippen LogP) is 2.81. The lowest BCUT2D eigenvalue weighted by atomic mass is 10.2. The molecule has 0 spiro atoms. The molecule has 2 rings (SSSR count). The minimum atomic E-state index is 0.675. The van der Waals surface area contributed by atoms with E-state index in [-0.39, 0.29) is 0 Å². The highest BCUT2D eigenvalue weighted by molar-refractivity contribution is 5.74. The van der Waals surface area contributed by atoms with Crippen molar-refractivity contribution in [2.24, 2.45) is 0 Å². The summed E-state index contributed by atoms with van der Waals surface area (Å²) in [5, 5.41) is 0. The van der Waals surface area contributed by atoms with Crippen LogP contribution in [0.25, 0.3) is 11.2 Å². The summed E-state index contributed by atoms with van der Waals surface area (Å²) in [4.78, 5) is 4.55. The van der Waals surface area contributed by atoms with Crippen molar-refractivity contribution in [1.82, 2.24) is 9.38 Å². The van der Waals surface area contributed by atoms with Gasteiger partial charge in [-0.05, 0) is 31.1 Å². The molecule has 0 aliphatic rings. The predicted molar refractivity (Wildman–Crippen MR) is 68.2 cm³/mol. The Balaban J connectivity index is 2.74. The molecule has 0 unspecified atom stereocenters. The zero-order chi connectivity index (χ0) is 11.7. The van der Waals surface area contributed by atoms with Gasteiger partial charge in [-0.3, -0.25) is 4.40 Å². The van der Waals surface area contributed by atoms with Gasteiger partial charge in [-0.1, -0.05) is 24.8 Å². The van der Waals surface area contributed by atoms with Crippen LogP contribution < -0.4 is 5.73 Å². The summed E-state index contributed by atoms with van der Waals surface area (Å²) < 4.78 is 1.91. The van der Waals surface area contributed by atoms with Gasteiger partial charge < -0.3 is 5.73 Å². The van der Waals surface area contributed by atoms with Crippen molar-refractivity contribution in [3.63, 3.8) is 0 Å². The number of nitrogens with zero attached hydrogens (tertiary/aromatic N) is 2. The fourth-order valence-corrected chi connectivity index (χ4v) is 1.77. The first kappa shape index (κ1) is 10.5. The molecule has 3 nitrogen and oxygen atoms in total. The Morgan fingerprint density at radius 2 is 2.31 bits per heavy atom. The first-order valence-corrected chi connectivity index (χ1v) is 5.18. The summed E-state index contributed by atoms with van der Waals surface area (Å²) in [5.74, 6) is 0.675. The average molecular weight is 213 g/mol. The molecule has 0 aromatic carbocycles. The van der Waals surface area contributed by atoms with E-state index in [1.54, 1.807) is 6.08 Å². The number of nitrogens with two attached hydrogens (primary N) is 1. The number of imidazole rings is 1. The number of nitrogen functional groups attached to an aromatic ring is 1. The molecule has 0 amide bonds. The molecule has 0 saturated heterocycles. The van der Waals surface area contributed by atoms with Gasteiger partial charge in [0.15, 0.2) is 0 Å². The Morgan fingerprint density at radius 1 is 1.56 bits per heavy atom. The van der Waals surface area contributed by atoms with Gasteiger partial charge in [-0.2, -0.15) is 0 Å². The van der Waals surface area contributed by atoms with Crippen molar-refractivity contribution in [2.75, 3.05) is 5.73 Å². The van der Waals surface area contributed by atoms with Gasteiger partial charge in [-0.25, -0.2) is 4.98 Å². The Bertz CT molecular complexity index is 576. The number of rotatable bonds is 2. The number of aromatic nitrogens is 2. The van der Waals surface area contributed by atoms with E-state index in [1.165, 1.54) is 0 Å². The maximum atomic E-state index is 6.06. The third kappa shape index (κ3) is 1.50. The molecule has 2 heterocycles. The minimum absolute atomic E-state index is 0.675. The number of hydrogen-bond donors (Lipinski definition) is 1. The van der Waals surface area contributed by atoms with Crippen molar-refractivity contribution >= 4 is 17.0 Å². The van der Waals surface area contributed by atoms with E-state index in [0.29, 0.717) is 5.82 Å². The summed E-state index contributed by atoms with van der Waals surface area (Å²) in [6.45, 7) is 7.68. The largest absolute Gasteiger partial charge is 0.383 e. The van der Waals surface area contributed by atoms with Crippen molar-refractivity contribution in [2.45, 2.75) is 13.8 Å². The van der Waals surface area contributed by atoms with Crippen LogP contribution in [0.2, 0.25) is 0 Å². The molecule has 0 aliphatic carbocycles. The molecule has 2 N–H and O–H groups in total. The van der Waals surface area contributed by atoms with Gasteiger partial charge >= 0.3 is 0 Å². The molecule has 0 saturated carbocycles. The second-order valence-electron chi connectivity index (χ2n) is 3.82. The topological polar surface area (TPSA) is 43.3 Å². The van der Waals surface area contributed by atoms with Crippen molar-refractivity contribution in [3.8, 4) is 0 Å². The molecule has 0 atom stereocenters. The van der Waals surface area contributed by atoms with Crippen LogP contribution in [-0.4, -0.2) is 9.38 Å². The smallest absolute Gasteiger partial charge is 0.142 e. The Hall–Kier alpha value is -2.03. The fraction of sp³-hybridized carbons (Fsp3) is 0.154. The maximum absolute atomic E-state index is 6.06. The van der Waals surface area contributed by atoms with E-state index in [9.17, 15) is 0 Å². The third-order valence-corrected chi connectivity index (χ3v) is 2.62. The molecule has 16 heavy (non-hydrogen) atoms. The molecule has 0 fully saturated rings. The maximum Gasteiger partial charge on any atom is 0.142 e. The molecule has 0 bridgehead atoms. The van der Waals surface area contributed by atoms with Crippen LogP contribution in [-0.2, 0) is 0 Å². The van der Waals surface area contributed by atoms with Gasteiger partial charge in [0.05, 0.1) is 0 Å². The van der Waals surface area contributed by atoms with Crippen LogP contribution in [0.5, 0.6) is 0 Å². The van der Waals surface area contributed by atoms with Crippen LogP contribution in [0, 0.1) is 6.92 Å². The molecule has 0 aliphatic heterocycles. The summed E-state index contributed by atoms with van der Waals surface area (Å²) in [6.07, 6.45) is 5.58. The van der Waals surface area contributed by atoms with Crippen LogP contribution in [0.1, 0.15) is 18.2 Å². The monoisotopic (exact) mass is 213 g/mol. The van der Waals surface area contributed by atoms with Gasteiger partial charge in [0.1, 0.15) is 17.2 Å². The second kappa shape index (κ2) is 3.85. The first-order chi connectivity index (χ1) is 7.65. The van der Waals surface area contributed by atoms with Crippen LogP contribution in [0.15, 0.2) is 37.1 Å². The zero-order valence-corrected chi connectivity index (χ0v) is 9.57. The Morgan fingerprint density at radius 3 is 2.94 bits per heavy atom. The van der Waals surface area contributed by atoms with Gasteiger partial charge in [-0.15, -0.1) is 0 Å². The highest BCUT2D eigenvalue weighted by Gasteiger charge is 2.10. The summed E-state index contributed by atoms with van der Waals surface area (Å²) in [5.41, 5.74) is 9.94. The van der Waals surface area contributed by atoms with Crippen LogP contribution >= 0.6 is 0 Å². The number of fused-ring (bicyclic) bond motifs is 1. The van der Waals surface area contributed by atoms with Gasteiger partial charge in [0.2, 0.25) is 0 Å². The van der Waals surface area contributed by atoms with Gasteiger partial charge in [0.25, 0.3) is 0 Å². The highest BCUT2D eigenvalue weighted by Crippen LogP contribution is 2.23. The second-order valence-corrected chi connectivity index (χ2v) is 3.82. The van der Waals surface area contributed by atoms with Crippen molar-refractivity contribution < 1.29 is 0 Å². The highest BCUT2D eigenvalue weighted by atomic mass is 15.1. The SMILES string of the molecule is C=CC=C(C)c1nc2c(C)cccn2c1N. The van der Waals surface area contributed by atoms with Crippen LogP contribution in [0.3, 0.4) is 0 Å².